The van der Waals surface area contributed by atoms with Crippen molar-refractivity contribution in [3.8, 4) is 0 Å². The van der Waals surface area contributed by atoms with Crippen LogP contribution in [0.15, 0.2) is 18.3 Å². The van der Waals surface area contributed by atoms with Crippen LogP contribution in [0.1, 0.15) is 18.9 Å². The number of aromatic nitrogens is 1. The summed E-state index contributed by atoms with van der Waals surface area (Å²) >= 11 is 0. The molecule has 1 aromatic rings. The summed E-state index contributed by atoms with van der Waals surface area (Å²) in [5, 5.41) is 2.82. The molecule has 0 unspecified atom stereocenters. The van der Waals surface area contributed by atoms with Crippen LogP contribution in [-0.4, -0.2) is 35.9 Å². The number of aryl methyl sites for hydroxylation is 1. The Kier molecular flexibility index (Phi) is 4.43. The van der Waals surface area contributed by atoms with Crippen molar-refractivity contribution in [1.82, 2.24) is 9.88 Å². The molecule has 0 spiro atoms. The number of rotatable bonds is 4. The van der Waals surface area contributed by atoms with Gasteiger partial charge in [0.15, 0.2) is 0 Å². The van der Waals surface area contributed by atoms with Gasteiger partial charge in [0, 0.05) is 6.20 Å². The van der Waals surface area contributed by atoms with E-state index in [0.29, 0.717) is 5.82 Å². The Bertz CT molecular complexity index is 363. The summed E-state index contributed by atoms with van der Waals surface area (Å²) in [5.74, 6) is 0.607. The first-order valence-electron chi connectivity index (χ1n) is 5.44. The molecule has 0 radical (unpaired) electrons. The number of carbonyl (C=O) groups is 1. The summed E-state index contributed by atoms with van der Waals surface area (Å²) in [4.78, 5) is 17.9. The second kappa shape index (κ2) is 5.61. The Balaban J connectivity index is 2.70. The van der Waals surface area contributed by atoms with Crippen LogP contribution >= 0.6 is 0 Å². The van der Waals surface area contributed by atoms with Gasteiger partial charge in [-0.2, -0.15) is 0 Å². The van der Waals surface area contributed by atoms with Crippen LogP contribution < -0.4 is 5.32 Å². The Morgan fingerprint density at radius 2 is 2.25 bits per heavy atom. The molecule has 4 heteroatoms. The third-order valence-electron chi connectivity index (χ3n) is 2.48. The van der Waals surface area contributed by atoms with Crippen LogP contribution in [0.5, 0.6) is 0 Å². The molecule has 1 heterocycles. The fourth-order valence-electron chi connectivity index (χ4n) is 1.60. The van der Waals surface area contributed by atoms with Crippen molar-refractivity contribution in [2.24, 2.45) is 0 Å². The summed E-state index contributed by atoms with van der Waals surface area (Å²) in [5.41, 5.74) is 1.09. The smallest absolute Gasteiger partial charge is 0.242 e. The van der Waals surface area contributed by atoms with E-state index in [1.54, 1.807) is 6.20 Å². The van der Waals surface area contributed by atoms with Gasteiger partial charge < -0.3 is 5.32 Å². The summed E-state index contributed by atoms with van der Waals surface area (Å²) in [6.45, 7) is 3.97. The zero-order valence-corrected chi connectivity index (χ0v) is 10.3. The highest BCUT2D eigenvalue weighted by molar-refractivity contribution is 5.93. The van der Waals surface area contributed by atoms with Crippen LogP contribution in [0.25, 0.3) is 0 Å². The van der Waals surface area contributed by atoms with E-state index in [9.17, 15) is 4.79 Å². The predicted octanol–water partition coefficient (Wildman–Crippen LogP) is 1.67. The lowest BCUT2D eigenvalue weighted by atomic mass is 10.2. The molecule has 0 aliphatic heterocycles. The molecule has 16 heavy (non-hydrogen) atoms. The molecule has 0 saturated heterocycles. The number of anilines is 1. The molecule has 1 amide bonds. The molecule has 4 nitrogen and oxygen atoms in total. The molecule has 1 aromatic heterocycles. The first kappa shape index (κ1) is 12.6. The minimum Gasteiger partial charge on any atom is -0.309 e. The SMILES string of the molecule is CC[C@H](C(=O)Nc1cc(C)ccn1)N(C)C. The average molecular weight is 221 g/mol. The fraction of sp³-hybridized carbons (Fsp3) is 0.500. The van der Waals surface area contributed by atoms with Crippen molar-refractivity contribution in [2.45, 2.75) is 26.3 Å². The Morgan fingerprint density at radius 3 is 2.75 bits per heavy atom. The first-order valence-corrected chi connectivity index (χ1v) is 5.44. The van der Waals surface area contributed by atoms with Crippen LogP contribution in [0.4, 0.5) is 5.82 Å². The van der Waals surface area contributed by atoms with Crippen molar-refractivity contribution >= 4 is 11.7 Å². The van der Waals surface area contributed by atoms with Crippen LogP contribution in [-0.2, 0) is 4.79 Å². The van der Waals surface area contributed by atoms with Gasteiger partial charge in [-0.1, -0.05) is 6.92 Å². The van der Waals surface area contributed by atoms with E-state index in [1.807, 2.05) is 45.0 Å². The van der Waals surface area contributed by atoms with Gasteiger partial charge in [0.05, 0.1) is 6.04 Å². The Morgan fingerprint density at radius 1 is 1.56 bits per heavy atom. The molecular formula is C12H19N3O. The number of amides is 1. The minimum absolute atomic E-state index is 0.00870. The number of hydrogen-bond acceptors (Lipinski definition) is 3. The molecule has 0 fully saturated rings. The fourth-order valence-corrected chi connectivity index (χ4v) is 1.60. The lowest BCUT2D eigenvalue weighted by Gasteiger charge is -2.21. The number of hydrogen-bond donors (Lipinski definition) is 1. The van der Waals surface area contributed by atoms with E-state index in [2.05, 4.69) is 10.3 Å². The van der Waals surface area contributed by atoms with E-state index >= 15 is 0 Å². The standard InChI is InChI=1S/C12H19N3O/c1-5-10(15(3)4)12(16)14-11-8-9(2)6-7-13-11/h6-8,10H,5H2,1-4H3,(H,13,14,16)/t10-/m1/s1. The molecule has 88 valence electrons. The van der Waals surface area contributed by atoms with E-state index in [0.717, 1.165) is 12.0 Å². The van der Waals surface area contributed by atoms with Gasteiger partial charge in [-0.3, -0.25) is 9.69 Å². The topological polar surface area (TPSA) is 45.2 Å². The number of likely N-dealkylation sites (N-methyl/N-ethyl adjacent to an activating group) is 1. The third-order valence-corrected chi connectivity index (χ3v) is 2.48. The quantitative estimate of drug-likeness (QED) is 0.841. The number of carbonyl (C=O) groups excluding carboxylic acids is 1. The Labute approximate surface area is 96.7 Å². The largest absolute Gasteiger partial charge is 0.309 e. The lowest BCUT2D eigenvalue weighted by Crippen LogP contribution is -2.39. The summed E-state index contributed by atoms with van der Waals surface area (Å²) in [6, 6.07) is 3.65. The molecule has 0 saturated carbocycles. The zero-order chi connectivity index (χ0) is 12.1. The highest BCUT2D eigenvalue weighted by atomic mass is 16.2. The van der Waals surface area contributed by atoms with Gasteiger partial charge in [0.1, 0.15) is 5.82 Å². The normalized spacial score (nSPS) is 12.6. The molecule has 1 N–H and O–H groups in total. The average Bonchev–Trinajstić information content (AvgIpc) is 2.17. The van der Waals surface area contributed by atoms with Gasteiger partial charge >= 0.3 is 0 Å². The minimum atomic E-state index is -0.109. The molecule has 1 rings (SSSR count). The summed E-state index contributed by atoms with van der Waals surface area (Å²) in [6.07, 6.45) is 2.48. The maximum absolute atomic E-state index is 11.9. The molecule has 0 aliphatic carbocycles. The van der Waals surface area contributed by atoms with Gasteiger partial charge in [-0.25, -0.2) is 4.98 Å². The van der Waals surface area contributed by atoms with Crippen molar-refractivity contribution in [3.05, 3.63) is 23.9 Å². The van der Waals surface area contributed by atoms with E-state index in [4.69, 9.17) is 0 Å². The van der Waals surface area contributed by atoms with Crippen LogP contribution in [0.2, 0.25) is 0 Å². The van der Waals surface area contributed by atoms with Crippen LogP contribution in [0, 0.1) is 6.92 Å². The van der Waals surface area contributed by atoms with Crippen molar-refractivity contribution in [2.75, 3.05) is 19.4 Å². The highest BCUT2D eigenvalue weighted by Crippen LogP contribution is 2.08. The van der Waals surface area contributed by atoms with Gasteiger partial charge in [0.25, 0.3) is 0 Å². The lowest BCUT2D eigenvalue weighted by molar-refractivity contribution is -0.120. The van der Waals surface area contributed by atoms with Crippen molar-refractivity contribution in [1.29, 1.82) is 0 Å². The second-order valence-electron chi connectivity index (χ2n) is 4.10. The first-order chi connectivity index (χ1) is 7.54. The van der Waals surface area contributed by atoms with E-state index in [-0.39, 0.29) is 11.9 Å². The molecule has 1 atom stereocenters. The predicted molar refractivity (Wildman–Crippen MR) is 65.4 cm³/mol. The van der Waals surface area contributed by atoms with Crippen molar-refractivity contribution in [3.63, 3.8) is 0 Å². The van der Waals surface area contributed by atoms with E-state index in [1.165, 1.54) is 0 Å². The molecule has 0 bridgehead atoms. The van der Waals surface area contributed by atoms with Crippen LogP contribution in [0.3, 0.4) is 0 Å². The highest BCUT2D eigenvalue weighted by Gasteiger charge is 2.18. The van der Waals surface area contributed by atoms with Gasteiger partial charge in [0.2, 0.25) is 5.91 Å². The molecule has 0 aromatic carbocycles. The number of nitrogens with one attached hydrogen (secondary N) is 1. The number of nitrogens with zero attached hydrogens (tertiary/aromatic N) is 2. The zero-order valence-electron chi connectivity index (χ0n) is 10.3. The number of pyridine rings is 1. The molecule has 0 aliphatic rings. The summed E-state index contributed by atoms with van der Waals surface area (Å²) < 4.78 is 0. The van der Waals surface area contributed by atoms with Crippen molar-refractivity contribution < 1.29 is 4.79 Å². The monoisotopic (exact) mass is 221 g/mol. The maximum atomic E-state index is 11.9. The molecular weight excluding hydrogens is 202 g/mol. The van der Waals surface area contributed by atoms with E-state index < -0.39 is 0 Å². The summed E-state index contributed by atoms with van der Waals surface area (Å²) in [7, 11) is 3.80. The second-order valence-corrected chi connectivity index (χ2v) is 4.10. The maximum Gasteiger partial charge on any atom is 0.242 e. The third kappa shape index (κ3) is 3.31. The Hall–Kier alpha value is -1.42. The van der Waals surface area contributed by atoms with Gasteiger partial charge in [-0.05, 0) is 45.1 Å². The van der Waals surface area contributed by atoms with Gasteiger partial charge in [-0.15, -0.1) is 0 Å².